The standard InChI is InChI=1S/C20H18FN5S/c1-27-18-11-17-14(10-15(18)21)19(23-20-24-22-12-26(17)20)25-9-5-4-7-13-6-2-3-8-16(13)25/h2-3,6,8,10-12H,4-5,7,9H2,1H3. The van der Waals surface area contributed by atoms with Gasteiger partial charge in [0, 0.05) is 22.5 Å². The first-order valence-corrected chi connectivity index (χ1v) is 10.2. The van der Waals surface area contributed by atoms with E-state index < -0.39 is 0 Å². The van der Waals surface area contributed by atoms with Gasteiger partial charge in [0.25, 0.3) is 5.78 Å². The Kier molecular flexibility index (Phi) is 3.97. The van der Waals surface area contributed by atoms with Crippen LogP contribution in [0.1, 0.15) is 18.4 Å². The van der Waals surface area contributed by atoms with E-state index in [-0.39, 0.29) is 5.82 Å². The van der Waals surface area contributed by atoms with Crippen molar-refractivity contribution >= 4 is 39.9 Å². The second kappa shape index (κ2) is 6.49. The molecule has 0 radical (unpaired) electrons. The van der Waals surface area contributed by atoms with Crippen molar-refractivity contribution in [1.29, 1.82) is 0 Å². The van der Waals surface area contributed by atoms with E-state index >= 15 is 0 Å². The van der Waals surface area contributed by atoms with E-state index in [1.165, 1.54) is 17.3 Å². The number of thioether (sulfide) groups is 1. The molecule has 0 saturated heterocycles. The molecule has 0 saturated carbocycles. The van der Waals surface area contributed by atoms with E-state index in [1.807, 2.05) is 22.8 Å². The van der Waals surface area contributed by atoms with Crippen LogP contribution in [0.4, 0.5) is 15.9 Å². The maximum absolute atomic E-state index is 14.7. The zero-order chi connectivity index (χ0) is 18.4. The highest BCUT2D eigenvalue weighted by atomic mass is 32.2. The lowest BCUT2D eigenvalue weighted by Gasteiger charge is -2.25. The fourth-order valence-corrected chi connectivity index (χ4v) is 4.31. The lowest BCUT2D eigenvalue weighted by molar-refractivity contribution is 0.604. The number of anilines is 2. The second-order valence-corrected chi connectivity index (χ2v) is 7.53. The molecule has 0 fully saturated rings. The van der Waals surface area contributed by atoms with Crippen LogP contribution in [0.2, 0.25) is 0 Å². The summed E-state index contributed by atoms with van der Waals surface area (Å²) in [6, 6.07) is 11.9. The molecule has 3 heterocycles. The first kappa shape index (κ1) is 16.5. The smallest absolute Gasteiger partial charge is 0.257 e. The summed E-state index contributed by atoms with van der Waals surface area (Å²) in [6.45, 7) is 0.843. The maximum atomic E-state index is 14.7. The van der Waals surface area contributed by atoms with Crippen molar-refractivity contribution in [1.82, 2.24) is 19.6 Å². The Morgan fingerprint density at radius 1 is 1.15 bits per heavy atom. The van der Waals surface area contributed by atoms with Crippen LogP contribution in [0.15, 0.2) is 47.6 Å². The summed E-state index contributed by atoms with van der Waals surface area (Å²) in [7, 11) is 0. The fraction of sp³-hybridized carbons (Fsp3) is 0.250. The van der Waals surface area contributed by atoms with Crippen molar-refractivity contribution in [3.8, 4) is 0 Å². The maximum Gasteiger partial charge on any atom is 0.257 e. The second-order valence-electron chi connectivity index (χ2n) is 6.68. The average molecular weight is 379 g/mol. The third-order valence-electron chi connectivity index (χ3n) is 5.12. The van der Waals surface area contributed by atoms with Crippen molar-refractivity contribution in [2.24, 2.45) is 0 Å². The fourth-order valence-electron chi connectivity index (χ4n) is 3.82. The Morgan fingerprint density at radius 3 is 2.93 bits per heavy atom. The number of benzene rings is 2. The quantitative estimate of drug-likeness (QED) is 0.476. The average Bonchev–Trinajstić information content (AvgIpc) is 3.06. The van der Waals surface area contributed by atoms with Gasteiger partial charge in [-0.2, -0.15) is 4.98 Å². The number of rotatable bonds is 2. The summed E-state index contributed by atoms with van der Waals surface area (Å²) in [5.74, 6) is 1.04. The normalized spacial score (nSPS) is 14.5. The van der Waals surface area contributed by atoms with Gasteiger partial charge < -0.3 is 4.90 Å². The zero-order valence-electron chi connectivity index (χ0n) is 14.9. The summed E-state index contributed by atoms with van der Waals surface area (Å²) >= 11 is 1.39. The van der Waals surface area contributed by atoms with Crippen molar-refractivity contribution in [3.63, 3.8) is 0 Å². The molecule has 2 aromatic carbocycles. The molecular formula is C20H18FN5S. The molecule has 1 aliphatic rings. The molecule has 5 nitrogen and oxygen atoms in total. The lowest BCUT2D eigenvalue weighted by Crippen LogP contribution is -2.20. The van der Waals surface area contributed by atoms with Crippen LogP contribution in [-0.4, -0.2) is 32.4 Å². The predicted molar refractivity (Wildman–Crippen MR) is 106 cm³/mol. The lowest BCUT2D eigenvalue weighted by atomic mass is 10.1. The molecule has 2 aromatic heterocycles. The SMILES string of the molecule is CSc1cc2c(cc1F)c(N1CCCCc3ccccc31)nc1nncn12. The Morgan fingerprint density at radius 2 is 2.04 bits per heavy atom. The van der Waals surface area contributed by atoms with E-state index in [9.17, 15) is 4.39 Å². The molecule has 136 valence electrons. The highest BCUT2D eigenvalue weighted by molar-refractivity contribution is 7.98. The van der Waals surface area contributed by atoms with Gasteiger partial charge in [-0.15, -0.1) is 22.0 Å². The van der Waals surface area contributed by atoms with Crippen LogP contribution >= 0.6 is 11.8 Å². The van der Waals surface area contributed by atoms with Crippen molar-refractivity contribution < 1.29 is 4.39 Å². The van der Waals surface area contributed by atoms with Crippen molar-refractivity contribution in [3.05, 3.63) is 54.1 Å². The molecular weight excluding hydrogens is 361 g/mol. The van der Waals surface area contributed by atoms with Crippen LogP contribution in [0.3, 0.4) is 0 Å². The molecule has 27 heavy (non-hydrogen) atoms. The number of fused-ring (bicyclic) bond motifs is 4. The summed E-state index contributed by atoms with van der Waals surface area (Å²) in [4.78, 5) is 7.57. The summed E-state index contributed by atoms with van der Waals surface area (Å²) in [5.41, 5.74) is 3.31. The molecule has 7 heteroatoms. The molecule has 5 rings (SSSR count). The third-order valence-corrected chi connectivity index (χ3v) is 5.87. The van der Waals surface area contributed by atoms with Crippen LogP contribution in [0.5, 0.6) is 0 Å². The number of aryl methyl sites for hydroxylation is 1. The minimum Gasteiger partial charge on any atom is -0.325 e. The van der Waals surface area contributed by atoms with Gasteiger partial charge in [0.15, 0.2) is 0 Å². The van der Waals surface area contributed by atoms with Gasteiger partial charge in [0.2, 0.25) is 0 Å². The van der Waals surface area contributed by atoms with Gasteiger partial charge >= 0.3 is 0 Å². The largest absolute Gasteiger partial charge is 0.325 e. The third kappa shape index (κ3) is 2.65. The van der Waals surface area contributed by atoms with Crippen LogP contribution in [0, 0.1) is 5.82 Å². The van der Waals surface area contributed by atoms with Gasteiger partial charge in [0.1, 0.15) is 18.0 Å². The minimum absolute atomic E-state index is 0.228. The topological polar surface area (TPSA) is 46.3 Å². The molecule has 0 amide bonds. The van der Waals surface area contributed by atoms with E-state index in [1.54, 1.807) is 12.4 Å². The molecule has 0 atom stereocenters. The van der Waals surface area contributed by atoms with Crippen LogP contribution in [-0.2, 0) is 6.42 Å². The molecule has 0 aliphatic carbocycles. The van der Waals surface area contributed by atoms with E-state index in [4.69, 9.17) is 4.98 Å². The predicted octanol–water partition coefficient (Wildman–Crippen LogP) is 4.61. The van der Waals surface area contributed by atoms with Gasteiger partial charge in [-0.1, -0.05) is 18.2 Å². The number of hydrogen-bond donors (Lipinski definition) is 0. The summed E-state index contributed by atoms with van der Waals surface area (Å²) < 4.78 is 16.5. The van der Waals surface area contributed by atoms with Gasteiger partial charge in [0.05, 0.1) is 5.52 Å². The number of nitrogens with zero attached hydrogens (tertiary/aromatic N) is 5. The minimum atomic E-state index is -0.228. The van der Waals surface area contributed by atoms with E-state index in [2.05, 4.69) is 33.3 Å². The van der Waals surface area contributed by atoms with Gasteiger partial charge in [-0.25, -0.2) is 4.39 Å². The van der Waals surface area contributed by atoms with Crippen LogP contribution in [0.25, 0.3) is 16.7 Å². The molecule has 0 spiro atoms. The molecule has 0 bridgehead atoms. The van der Waals surface area contributed by atoms with Gasteiger partial charge in [-0.05, 0) is 49.3 Å². The Balaban J connectivity index is 1.83. The molecule has 0 N–H and O–H groups in total. The summed E-state index contributed by atoms with van der Waals surface area (Å²) in [6.07, 6.45) is 6.74. The number of hydrogen-bond acceptors (Lipinski definition) is 5. The first-order chi connectivity index (χ1) is 13.3. The number of aromatic nitrogens is 4. The van der Waals surface area contributed by atoms with E-state index in [0.717, 1.165) is 48.2 Å². The molecule has 4 aromatic rings. The van der Waals surface area contributed by atoms with Gasteiger partial charge in [-0.3, -0.25) is 4.40 Å². The van der Waals surface area contributed by atoms with Crippen molar-refractivity contribution in [2.45, 2.75) is 24.2 Å². The van der Waals surface area contributed by atoms with Crippen molar-refractivity contribution in [2.75, 3.05) is 17.7 Å². The molecule has 0 unspecified atom stereocenters. The number of halogens is 1. The monoisotopic (exact) mass is 379 g/mol. The van der Waals surface area contributed by atoms with E-state index in [0.29, 0.717) is 10.7 Å². The zero-order valence-corrected chi connectivity index (χ0v) is 15.7. The first-order valence-electron chi connectivity index (χ1n) is 8.98. The summed E-state index contributed by atoms with van der Waals surface area (Å²) in [5, 5.41) is 8.94. The van der Waals surface area contributed by atoms with Crippen LogP contribution < -0.4 is 4.90 Å². The molecule has 1 aliphatic heterocycles. The Labute approximate surface area is 160 Å². The highest BCUT2D eigenvalue weighted by Crippen LogP contribution is 2.37. The highest BCUT2D eigenvalue weighted by Gasteiger charge is 2.22. The number of para-hydroxylation sites is 1. The Hall–Kier alpha value is -2.67. The Bertz CT molecular complexity index is 1160.